The lowest BCUT2D eigenvalue weighted by atomic mass is 9.98. The fourth-order valence-corrected chi connectivity index (χ4v) is 2.34. The Morgan fingerprint density at radius 3 is 2.32 bits per heavy atom. The standard InChI is InChI=1S/C16H28N2O/c1-5-14-7-9-15(10-8-14)16(17)13(3)18(6-2)11-12-19-4/h7-10,13,16H,5-6,11-12,17H2,1-4H3. The van der Waals surface area contributed by atoms with E-state index in [0.29, 0.717) is 6.04 Å². The summed E-state index contributed by atoms with van der Waals surface area (Å²) in [6.07, 6.45) is 1.07. The van der Waals surface area contributed by atoms with Crippen LogP contribution in [0.3, 0.4) is 0 Å². The van der Waals surface area contributed by atoms with E-state index < -0.39 is 0 Å². The van der Waals surface area contributed by atoms with E-state index in [9.17, 15) is 0 Å². The van der Waals surface area contributed by atoms with Crippen molar-refractivity contribution < 1.29 is 4.74 Å². The molecule has 2 N–H and O–H groups in total. The summed E-state index contributed by atoms with van der Waals surface area (Å²) in [6.45, 7) is 9.19. The molecule has 0 aliphatic heterocycles. The van der Waals surface area contributed by atoms with Crippen molar-refractivity contribution in [2.75, 3.05) is 26.8 Å². The molecule has 0 amide bonds. The third kappa shape index (κ3) is 4.60. The molecule has 0 spiro atoms. The Morgan fingerprint density at radius 2 is 1.84 bits per heavy atom. The zero-order valence-electron chi connectivity index (χ0n) is 12.7. The summed E-state index contributed by atoms with van der Waals surface area (Å²) < 4.78 is 5.16. The molecule has 1 rings (SSSR count). The Balaban J connectivity index is 2.70. The molecule has 0 radical (unpaired) electrons. The minimum atomic E-state index is 0.0442. The van der Waals surface area contributed by atoms with Crippen molar-refractivity contribution in [3.8, 4) is 0 Å². The third-order valence-corrected chi connectivity index (χ3v) is 3.86. The first-order chi connectivity index (χ1) is 9.13. The molecule has 0 bridgehead atoms. The second-order valence-corrected chi connectivity index (χ2v) is 4.98. The first-order valence-corrected chi connectivity index (χ1v) is 7.21. The quantitative estimate of drug-likeness (QED) is 0.784. The molecular weight excluding hydrogens is 236 g/mol. The zero-order chi connectivity index (χ0) is 14.3. The number of nitrogens with two attached hydrogens (primary N) is 1. The van der Waals surface area contributed by atoms with Gasteiger partial charge in [-0.3, -0.25) is 4.90 Å². The molecule has 19 heavy (non-hydrogen) atoms. The molecule has 1 aromatic rings. The van der Waals surface area contributed by atoms with Gasteiger partial charge in [-0.25, -0.2) is 0 Å². The number of ether oxygens (including phenoxy) is 1. The van der Waals surface area contributed by atoms with Crippen molar-refractivity contribution in [1.82, 2.24) is 4.90 Å². The Bertz CT molecular complexity index is 350. The molecule has 2 atom stereocenters. The van der Waals surface area contributed by atoms with Crippen LogP contribution in [0.5, 0.6) is 0 Å². The van der Waals surface area contributed by atoms with Gasteiger partial charge in [0, 0.05) is 25.7 Å². The monoisotopic (exact) mass is 264 g/mol. The fraction of sp³-hybridized carbons (Fsp3) is 0.625. The summed E-state index contributed by atoms with van der Waals surface area (Å²) >= 11 is 0. The van der Waals surface area contributed by atoms with Crippen molar-refractivity contribution in [3.05, 3.63) is 35.4 Å². The first kappa shape index (κ1) is 16.2. The van der Waals surface area contributed by atoms with Crippen LogP contribution in [0.2, 0.25) is 0 Å². The molecule has 0 aliphatic carbocycles. The van der Waals surface area contributed by atoms with Gasteiger partial charge in [0.25, 0.3) is 0 Å². The van der Waals surface area contributed by atoms with Crippen molar-refractivity contribution in [1.29, 1.82) is 0 Å². The number of aryl methyl sites for hydroxylation is 1. The van der Waals surface area contributed by atoms with E-state index in [1.54, 1.807) is 7.11 Å². The molecule has 3 nitrogen and oxygen atoms in total. The van der Waals surface area contributed by atoms with Gasteiger partial charge in [0.15, 0.2) is 0 Å². The van der Waals surface area contributed by atoms with Crippen LogP contribution in [0, 0.1) is 0 Å². The predicted molar refractivity (Wildman–Crippen MR) is 81.3 cm³/mol. The van der Waals surface area contributed by atoms with Gasteiger partial charge in [-0.15, -0.1) is 0 Å². The minimum Gasteiger partial charge on any atom is -0.383 e. The minimum absolute atomic E-state index is 0.0442. The third-order valence-electron chi connectivity index (χ3n) is 3.86. The Morgan fingerprint density at radius 1 is 1.21 bits per heavy atom. The second kappa shape index (κ2) is 8.31. The van der Waals surface area contributed by atoms with Gasteiger partial charge in [-0.05, 0) is 31.0 Å². The topological polar surface area (TPSA) is 38.5 Å². The maximum absolute atomic E-state index is 6.40. The smallest absolute Gasteiger partial charge is 0.0589 e. The molecule has 0 saturated heterocycles. The SMILES string of the molecule is CCc1ccc(C(N)C(C)N(CC)CCOC)cc1. The van der Waals surface area contributed by atoms with Gasteiger partial charge < -0.3 is 10.5 Å². The number of rotatable bonds is 8. The molecule has 2 unspecified atom stereocenters. The Hall–Kier alpha value is -0.900. The van der Waals surface area contributed by atoms with Gasteiger partial charge in [-0.1, -0.05) is 38.1 Å². The van der Waals surface area contributed by atoms with Crippen LogP contribution in [0.25, 0.3) is 0 Å². The summed E-state index contributed by atoms with van der Waals surface area (Å²) in [5.41, 5.74) is 8.96. The highest BCUT2D eigenvalue weighted by Crippen LogP contribution is 2.19. The van der Waals surface area contributed by atoms with E-state index in [1.807, 2.05) is 0 Å². The molecule has 0 aliphatic rings. The van der Waals surface area contributed by atoms with Gasteiger partial charge in [0.05, 0.1) is 6.61 Å². The van der Waals surface area contributed by atoms with Crippen LogP contribution in [-0.4, -0.2) is 37.7 Å². The zero-order valence-corrected chi connectivity index (χ0v) is 12.7. The molecule has 0 aromatic heterocycles. The van der Waals surface area contributed by atoms with Crippen LogP contribution in [0.15, 0.2) is 24.3 Å². The van der Waals surface area contributed by atoms with Gasteiger partial charge in [0.2, 0.25) is 0 Å². The normalized spacial score (nSPS) is 14.6. The summed E-state index contributed by atoms with van der Waals surface area (Å²) in [5, 5.41) is 0. The summed E-state index contributed by atoms with van der Waals surface area (Å²) in [4.78, 5) is 2.36. The second-order valence-electron chi connectivity index (χ2n) is 4.98. The van der Waals surface area contributed by atoms with E-state index in [4.69, 9.17) is 10.5 Å². The maximum atomic E-state index is 6.40. The first-order valence-electron chi connectivity index (χ1n) is 7.21. The summed E-state index contributed by atoms with van der Waals surface area (Å²) in [6, 6.07) is 9.02. The molecule has 1 aromatic carbocycles. The summed E-state index contributed by atoms with van der Waals surface area (Å²) in [5.74, 6) is 0. The fourth-order valence-electron chi connectivity index (χ4n) is 2.34. The Kier molecular flexibility index (Phi) is 7.06. The lowest BCUT2D eigenvalue weighted by molar-refractivity contribution is 0.119. The molecule has 0 saturated carbocycles. The largest absolute Gasteiger partial charge is 0.383 e. The molecule has 108 valence electrons. The van der Waals surface area contributed by atoms with E-state index >= 15 is 0 Å². The lowest BCUT2D eigenvalue weighted by Crippen LogP contribution is -2.42. The van der Waals surface area contributed by atoms with Crippen LogP contribution in [0.1, 0.15) is 37.9 Å². The van der Waals surface area contributed by atoms with Crippen LogP contribution in [0.4, 0.5) is 0 Å². The number of hydrogen-bond donors (Lipinski definition) is 1. The number of hydrogen-bond acceptors (Lipinski definition) is 3. The highest BCUT2D eigenvalue weighted by atomic mass is 16.5. The molecule has 0 fully saturated rings. The average molecular weight is 264 g/mol. The van der Waals surface area contributed by atoms with Crippen LogP contribution < -0.4 is 5.73 Å². The van der Waals surface area contributed by atoms with Crippen molar-refractivity contribution in [2.45, 2.75) is 39.3 Å². The maximum Gasteiger partial charge on any atom is 0.0589 e. The highest BCUT2D eigenvalue weighted by Gasteiger charge is 2.20. The summed E-state index contributed by atoms with van der Waals surface area (Å²) in [7, 11) is 1.74. The van der Waals surface area contributed by atoms with Gasteiger partial charge in [0.1, 0.15) is 0 Å². The van der Waals surface area contributed by atoms with E-state index in [1.165, 1.54) is 11.1 Å². The van der Waals surface area contributed by atoms with E-state index in [2.05, 4.69) is 49.9 Å². The average Bonchev–Trinajstić information content (AvgIpc) is 2.47. The lowest BCUT2D eigenvalue weighted by Gasteiger charge is -2.32. The number of likely N-dealkylation sites (N-methyl/N-ethyl adjacent to an activating group) is 1. The van der Waals surface area contributed by atoms with Crippen molar-refractivity contribution >= 4 is 0 Å². The number of benzene rings is 1. The van der Waals surface area contributed by atoms with Gasteiger partial charge in [-0.2, -0.15) is 0 Å². The number of nitrogens with zero attached hydrogens (tertiary/aromatic N) is 1. The van der Waals surface area contributed by atoms with Gasteiger partial charge >= 0.3 is 0 Å². The molecule has 0 heterocycles. The van der Waals surface area contributed by atoms with E-state index in [-0.39, 0.29) is 6.04 Å². The van der Waals surface area contributed by atoms with Crippen LogP contribution >= 0.6 is 0 Å². The molecular formula is C16H28N2O. The van der Waals surface area contributed by atoms with Crippen molar-refractivity contribution in [2.24, 2.45) is 5.73 Å². The molecule has 3 heteroatoms. The predicted octanol–water partition coefficient (Wildman–Crippen LogP) is 2.61. The Labute approximate surface area is 117 Å². The van der Waals surface area contributed by atoms with E-state index in [0.717, 1.165) is 26.1 Å². The highest BCUT2D eigenvalue weighted by molar-refractivity contribution is 5.25. The van der Waals surface area contributed by atoms with Crippen molar-refractivity contribution in [3.63, 3.8) is 0 Å². The number of methoxy groups -OCH3 is 1. The van der Waals surface area contributed by atoms with Crippen LogP contribution in [-0.2, 0) is 11.2 Å².